The number of carbonyl (C=O) groups is 2. The third kappa shape index (κ3) is 7.58. The van der Waals surface area contributed by atoms with Gasteiger partial charge in [-0.15, -0.1) is 10.2 Å². The zero-order valence-corrected chi connectivity index (χ0v) is 23.4. The largest absolute Gasteiger partial charge is 0.486 e. The first-order valence-corrected chi connectivity index (χ1v) is 14.5. The summed E-state index contributed by atoms with van der Waals surface area (Å²) in [4.78, 5) is 26.8. The Labute approximate surface area is 230 Å². The van der Waals surface area contributed by atoms with Gasteiger partial charge in [-0.05, 0) is 42.8 Å². The van der Waals surface area contributed by atoms with Crippen molar-refractivity contribution in [3.8, 4) is 5.75 Å². The highest BCUT2D eigenvalue weighted by Gasteiger charge is 2.27. The molecule has 0 spiro atoms. The molecule has 0 fully saturated rings. The maximum absolute atomic E-state index is 13.1. The van der Waals surface area contributed by atoms with Gasteiger partial charge in [-0.1, -0.05) is 78.9 Å². The number of benzene rings is 2. The highest BCUT2D eigenvalue weighted by molar-refractivity contribution is 9.10. The molecule has 0 saturated carbocycles. The molecule has 1 aromatic heterocycles. The second-order valence-corrected chi connectivity index (χ2v) is 10.8. The summed E-state index contributed by atoms with van der Waals surface area (Å²) >= 11 is 4.79. The second-order valence-electron chi connectivity index (χ2n) is 8.89. The second kappa shape index (κ2) is 13.6. The standard InChI is InChI=1S/C27H32BrN5O3S/c1-2-3-4-5-6-9-16-32-24(18-36-21-14-12-20(28)13-15-21)30-31-27(32)37-19-26(35)33-17-25(34)29-22-10-7-8-11-23(22)33/h7-8,10-15H,2-6,9,16-19H2,1H3,(H,29,34). The molecule has 10 heteroatoms. The maximum atomic E-state index is 13.1. The molecule has 4 rings (SSSR count). The first-order chi connectivity index (χ1) is 18.0. The molecular formula is C27H32BrN5O3S. The predicted octanol–water partition coefficient (Wildman–Crippen LogP) is 6.06. The number of rotatable bonds is 13. The van der Waals surface area contributed by atoms with Crippen molar-refractivity contribution in [2.24, 2.45) is 0 Å². The SMILES string of the molecule is CCCCCCCCn1c(COc2ccc(Br)cc2)nnc1SCC(=O)N1CC(=O)Nc2ccccc21. The Morgan fingerprint density at radius 3 is 2.62 bits per heavy atom. The van der Waals surface area contributed by atoms with Crippen LogP contribution in [0.4, 0.5) is 11.4 Å². The molecule has 1 aliphatic heterocycles. The average molecular weight is 587 g/mol. The Hall–Kier alpha value is -2.85. The minimum absolute atomic E-state index is 0.00708. The van der Waals surface area contributed by atoms with Crippen LogP contribution in [-0.4, -0.2) is 38.9 Å². The van der Waals surface area contributed by atoms with Crippen LogP contribution in [0.2, 0.25) is 0 Å². The molecule has 2 heterocycles. The van der Waals surface area contributed by atoms with E-state index in [0.29, 0.717) is 23.1 Å². The lowest BCUT2D eigenvalue weighted by molar-refractivity contribution is -0.120. The number of hydrogen-bond donors (Lipinski definition) is 1. The van der Waals surface area contributed by atoms with Crippen molar-refractivity contribution < 1.29 is 14.3 Å². The van der Waals surface area contributed by atoms with Crippen molar-refractivity contribution >= 4 is 50.9 Å². The molecule has 0 aliphatic carbocycles. The van der Waals surface area contributed by atoms with Crippen molar-refractivity contribution in [2.45, 2.75) is 63.8 Å². The third-order valence-corrected chi connectivity index (χ3v) is 7.59. The summed E-state index contributed by atoms with van der Waals surface area (Å²) in [5.41, 5.74) is 1.36. The molecule has 2 amide bonds. The van der Waals surface area contributed by atoms with Crippen LogP contribution in [0.3, 0.4) is 0 Å². The molecule has 1 N–H and O–H groups in total. The smallest absolute Gasteiger partial charge is 0.244 e. The van der Waals surface area contributed by atoms with Crippen molar-refractivity contribution in [2.75, 3.05) is 22.5 Å². The van der Waals surface area contributed by atoms with E-state index in [1.165, 1.54) is 42.3 Å². The van der Waals surface area contributed by atoms with Gasteiger partial charge in [0.25, 0.3) is 0 Å². The minimum Gasteiger partial charge on any atom is -0.486 e. The number of halogens is 1. The van der Waals surface area contributed by atoms with E-state index >= 15 is 0 Å². The van der Waals surface area contributed by atoms with Gasteiger partial charge < -0.3 is 19.5 Å². The number of aromatic nitrogens is 3. The van der Waals surface area contributed by atoms with Crippen molar-refractivity contribution in [3.05, 3.63) is 58.8 Å². The molecule has 0 radical (unpaired) electrons. The van der Waals surface area contributed by atoms with E-state index in [0.717, 1.165) is 35.4 Å². The Bertz CT molecular complexity index is 1200. The quantitative estimate of drug-likeness (QED) is 0.194. The van der Waals surface area contributed by atoms with E-state index < -0.39 is 0 Å². The van der Waals surface area contributed by atoms with Crippen LogP contribution in [0.1, 0.15) is 51.3 Å². The zero-order chi connectivity index (χ0) is 26.0. The Morgan fingerprint density at radius 2 is 1.81 bits per heavy atom. The molecule has 8 nitrogen and oxygen atoms in total. The van der Waals surface area contributed by atoms with Crippen LogP contribution < -0.4 is 15.0 Å². The number of para-hydroxylation sites is 2. The molecule has 0 atom stereocenters. The van der Waals surface area contributed by atoms with E-state index in [9.17, 15) is 9.59 Å². The number of amides is 2. The van der Waals surface area contributed by atoms with E-state index in [2.05, 4.69) is 42.9 Å². The molecule has 2 aromatic carbocycles. The highest BCUT2D eigenvalue weighted by Crippen LogP contribution is 2.30. The molecule has 0 saturated heterocycles. The number of hydrogen-bond acceptors (Lipinski definition) is 6. The molecule has 37 heavy (non-hydrogen) atoms. The van der Waals surface area contributed by atoms with Crippen LogP contribution in [-0.2, 0) is 22.7 Å². The molecule has 196 valence electrons. The van der Waals surface area contributed by atoms with E-state index in [-0.39, 0.29) is 24.1 Å². The summed E-state index contributed by atoms with van der Waals surface area (Å²) in [5.74, 6) is 1.30. The summed E-state index contributed by atoms with van der Waals surface area (Å²) in [5, 5.41) is 12.3. The van der Waals surface area contributed by atoms with Crippen LogP contribution in [0.15, 0.2) is 58.2 Å². The summed E-state index contributed by atoms with van der Waals surface area (Å²) in [6, 6.07) is 15.0. The van der Waals surface area contributed by atoms with Gasteiger partial charge in [-0.25, -0.2) is 0 Å². The number of anilines is 2. The van der Waals surface area contributed by atoms with E-state index in [1.54, 1.807) is 6.07 Å². The van der Waals surface area contributed by atoms with Crippen molar-refractivity contribution in [1.82, 2.24) is 14.8 Å². The van der Waals surface area contributed by atoms with Crippen LogP contribution in [0, 0.1) is 0 Å². The summed E-state index contributed by atoms with van der Waals surface area (Å²) in [7, 11) is 0. The lowest BCUT2D eigenvalue weighted by Gasteiger charge is -2.29. The fourth-order valence-electron chi connectivity index (χ4n) is 4.15. The van der Waals surface area contributed by atoms with Crippen LogP contribution in [0.25, 0.3) is 0 Å². The molecule has 0 bridgehead atoms. The number of ether oxygens (including phenoxy) is 1. The number of nitrogens with one attached hydrogen (secondary N) is 1. The van der Waals surface area contributed by atoms with Gasteiger partial charge in [0.1, 0.15) is 18.9 Å². The van der Waals surface area contributed by atoms with Crippen LogP contribution in [0.5, 0.6) is 5.75 Å². The predicted molar refractivity (Wildman–Crippen MR) is 150 cm³/mol. The zero-order valence-electron chi connectivity index (χ0n) is 21.0. The lowest BCUT2D eigenvalue weighted by atomic mass is 10.1. The van der Waals surface area contributed by atoms with Gasteiger partial charge in [0.05, 0.1) is 17.1 Å². The molecule has 0 unspecified atom stereocenters. The number of carbonyl (C=O) groups excluding carboxylic acids is 2. The summed E-state index contributed by atoms with van der Waals surface area (Å²) in [6.07, 6.45) is 7.08. The van der Waals surface area contributed by atoms with Gasteiger partial charge >= 0.3 is 0 Å². The first kappa shape index (κ1) is 27.2. The van der Waals surface area contributed by atoms with Gasteiger partial charge in [-0.3, -0.25) is 9.59 Å². The minimum atomic E-state index is -0.198. The van der Waals surface area contributed by atoms with E-state index in [4.69, 9.17) is 4.74 Å². The average Bonchev–Trinajstić information content (AvgIpc) is 3.29. The lowest BCUT2D eigenvalue weighted by Crippen LogP contribution is -2.43. The van der Waals surface area contributed by atoms with Gasteiger partial charge in [0, 0.05) is 11.0 Å². The number of nitrogens with zero attached hydrogens (tertiary/aromatic N) is 4. The normalized spacial score (nSPS) is 12.8. The third-order valence-electron chi connectivity index (χ3n) is 6.11. The highest BCUT2D eigenvalue weighted by atomic mass is 79.9. The topological polar surface area (TPSA) is 89.3 Å². The Balaban J connectivity index is 1.42. The fourth-order valence-corrected chi connectivity index (χ4v) is 5.27. The fraction of sp³-hybridized carbons (Fsp3) is 0.407. The monoisotopic (exact) mass is 585 g/mol. The summed E-state index contributed by atoms with van der Waals surface area (Å²) < 4.78 is 9.01. The first-order valence-electron chi connectivity index (χ1n) is 12.7. The molecule has 3 aromatic rings. The van der Waals surface area contributed by atoms with Crippen molar-refractivity contribution in [3.63, 3.8) is 0 Å². The Kier molecular flexibility index (Phi) is 10.0. The van der Waals surface area contributed by atoms with Gasteiger partial charge in [0.2, 0.25) is 11.8 Å². The Morgan fingerprint density at radius 1 is 1.05 bits per heavy atom. The number of unbranched alkanes of at least 4 members (excludes halogenated alkanes) is 5. The van der Waals surface area contributed by atoms with Gasteiger partial charge in [0.15, 0.2) is 11.0 Å². The number of fused-ring (bicyclic) bond motifs is 1. The maximum Gasteiger partial charge on any atom is 0.244 e. The molecular weight excluding hydrogens is 554 g/mol. The number of thioether (sulfide) groups is 1. The summed E-state index contributed by atoms with van der Waals surface area (Å²) in [6.45, 7) is 3.28. The van der Waals surface area contributed by atoms with E-state index in [1.807, 2.05) is 42.5 Å². The van der Waals surface area contributed by atoms with Crippen LogP contribution >= 0.6 is 27.7 Å². The van der Waals surface area contributed by atoms with Crippen molar-refractivity contribution in [1.29, 1.82) is 0 Å². The molecule has 1 aliphatic rings. The van der Waals surface area contributed by atoms with Gasteiger partial charge in [-0.2, -0.15) is 0 Å².